The van der Waals surface area contributed by atoms with Gasteiger partial charge in [0.25, 0.3) is 0 Å². The molecule has 2 rings (SSSR count). The van der Waals surface area contributed by atoms with Gasteiger partial charge in [-0.25, -0.2) is 14.4 Å². The summed E-state index contributed by atoms with van der Waals surface area (Å²) in [5.74, 6) is -0.433. The van der Waals surface area contributed by atoms with Crippen LogP contribution in [0.25, 0.3) is 0 Å². The van der Waals surface area contributed by atoms with E-state index in [2.05, 4.69) is 9.97 Å². The van der Waals surface area contributed by atoms with Gasteiger partial charge < -0.3 is 0 Å². The normalized spacial score (nSPS) is 9.75. The number of aromatic nitrogens is 2. The van der Waals surface area contributed by atoms with Crippen molar-refractivity contribution in [3.63, 3.8) is 0 Å². The largest absolute Gasteiger partial charge is 0.231 e. The SMILES string of the molecule is N#Cc1cc(F)cc(Sc2ncccn2)c1. The van der Waals surface area contributed by atoms with Crippen molar-refractivity contribution < 1.29 is 4.39 Å². The number of hydrogen-bond acceptors (Lipinski definition) is 4. The summed E-state index contributed by atoms with van der Waals surface area (Å²) in [6, 6.07) is 7.75. The monoisotopic (exact) mass is 231 g/mol. The second kappa shape index (κ2) is 4.73. The molecule has 0 aliphatic carbocycles. The number of nitriles is 1. The van der Waals surface area contributed by atoms with Gasteiger partial charge in [-0.3, -0.25) is 0 Å². The van der Waals surface area contributed by atoms with Crippen molar-refractivity contribution in [3.05, 3.63) is 48.0 Å². The van der Waals surface area contributed by atoms with Gasteiger partial charge in [-0.2, -0.15) is 5.26 Å². The van der Waals surface area contributed by atoms with E-state index in [1.165, 1.54) is 23.9 Å². The molecule has 0 radical (unpaired) electrons. The van der Waals surface area contributed by atoms with Gasteiger partial charge in [0.05, 0.1) is 11.6 Å². The van der Waals surface area contributed by atoms with E-state index >= 15 is 0 Å². The van der Waals surface area contributed by atoms with Gasteiger partial charge in [0, 0.05) is 17.3 Å². The Bertz CT molecular complexity index is 537. The van der Waals surface area contributed by atoms with Crippen molar-refractivity contribution in [3.8, 4) is 6.07 Å². The lowest BCUT2D eigenvalue weighted by molar-refractivity contribution is 0.623. The molecule has 16 heavy (non-hydrogen) atoms. The summed E-state index contributed by atoms with van der Waals surface area (Å²) in [5, 5.41) is 9.22. The minimum Gasteiger partial charge on any atom is -0.231 e. The van der Waals surface area contributed by atoms with Crippen molar-refractivity contribution >= 4 is 11.8 Å². The van der Waals surface area contributed by atoms with E-state index in [4.69, 9.17) is 5.26 Å². The van der Waals surface area contributed by atoms with Gasteiger partial charge in [-0.05, 0) is 36.0 Å². The Balaban J connectivity index is 2.29. The molecular weight excluding hydrogens is 225 g/mol. The van der Waals surface area contributed by atoms with Gasteiger partial charge in [0.15, 0.2) is 5.16 Å². The van der Waals surface area contributed by atoms with Crippen LogP contribution in [0.3, 0.4) is 0 Å². The fourth-order valence-corrected chi connectivity index (χ4v) is 1.93. The molecule has 0 amide bonds. The lowest BCUT2D eigenvalue weighted by Gasteiger charge is -2.00. The molecular formula is C11H6FN3S. The Morgan fingerprint density at radius 2 is 1.94 bits per heavy atom. The maximum Gasteiger partial charge on any atom is 0.192 e. The van der Waals surface area contributed by atoms with Crippen LogP contribution >= 0.6 is 11.8 Å². The molecule has 0 saturated carbocycles. The standard InChI is InChI=1S/C11H6FN3S/c12-9-4-8(7-13)5-10(6-9)16-11-14-2-1-3-15-11/h1-6H. The van der Waals surface area contributed by atoms with Crippen LogP contribution in [0.1, 0.15) is 5.56 Å². The fourth-order valence-electron chi connectivity index (χ4n) is 1.13. The summed E-state index contributed by atoms with van der Waals surface area (Å²) in [6.07, 6.45) is 3.22. The number of nitrogens with zero attached hydrogens (tertiary/aromatic N) is 3. The number of halogens is 1. The van der Waals surface area contributed by atoms with Crippen LogP contribution in [-0.2, 0) is 0 Å². The Labute approximate surface area is 96.0 Å². The molecule has 2 aromatic rings. The minimum atomic E-state index is -0.433. The third kappa shape index (κ3) is 2.55. The Hall–Kier alpha value is -1.93. The molecule has 0 aliphatic rings. The van der Waals surface area contributed by atoms with Crippen molar-refractivity contribution in [1.82, 2.24) is 9.97 Å². The molecule has 5 heteroatoms. The van der Waals surface area contributed by atoms with Crippen molar-refractivity contribution in [1.29, 1.82) is 5.26 Å². The summed E-state index contributed by atoms with van der Waals surface area (Å²) in [6.45, 7) is 0. The topological polar surface area (TPSA) is 49.6 Å². The van der Waals surface area contributed by atoms with E-state index in [9.17, 15) is 4.39 Å². The van der Waals surface area contributed by atoms with Gasteiger partial charge in [0.2, 0.25) is 0 Å². The first-order valence-corrected chi connectivity index (χ1v) is 5.25. The number of hydrogen-bond donors (Lipinski definition) is 0. The number of benzene rings is 1. The molecule has 0 bridgehead atoms. The molecule has 0 aliphatic heterocycles. The molecule has 0 atom stereocenters. The summed E-state index contributed by atoms with van der Waals surface area (Å²) in [7, 11) is 0. The molecule has 0 N–H and O–H groups in total. The third-order valence-electron chi connectivity index (χ3n) is 1.75. The first-order chi connectivity index (χ1) is 7.78. The van der Waals surface area contributed by atoms with Crippen LogP contribution in [0.4, 0.5) is 4.39 Å². The number of rotatable bonds is 2. The quantitative estimate of drug-likeness (QED) is 0.745. The zero-order chi connectivity index (χ0) is 11.4. The summed E-state index contributed by atoms with van der Waals surface area (Å²) < 4.78 is 13.1. The van der Waals surface area contributed by atoms with Gasteiger partial charge in [0.1, 0.15) is 5.82 Å². The summed E-state index contributed by atoms with van der Waals surface area (Å²) >= 11 is 1.22. The minimum absolute atomic E-state index is 0.290. The predicted octanol–water partition coefficient (Wildman–Crippen LogP) is 2.64. The van der Waals surface area contributed by atoms with E-state index in [-0.39, 0.29) is 0 Å². The summed E-state index contributed by atoms with van der Waals surface area (Å²) in [5.41, 5.74) is 0.290. The summed E-state index contributed by atoms with van der Waals surface area (Å²) in [4.78, 5) is 8.63. The maximum absolute atomic E-state index is 13.1. The van der Waals surface area contributed by atoms with E-state index in [1.54, 1.807) is 24.5 Å². The van der Waals surface area contributed by atoms with E-state index in [0.717, 1.165) is 0 Å². The highest BCUT2D eigenvalue weighted by Gasteiger charge is 2.03. The Kier molecular flexibility index (Phi) is 3.13. The lowest BCUT2D eigenvalue weighted by atomic mass is 10.2. The van der Waals surface area contributed by atoms with Crippen LogP contribution in [0.15, 0.2) is 46.7 Å². The zero-order valence-corrected chi connectivity index (χ0v) is 8.91. The average molecular weight is 231 g/mol. The molecule has 1 aromatic heterocycles. The first-order valence-electron chi connectivity index (χ1n) is 4.43. The highest BCUT2D eigenvalue weighted by Crippen LogP contribution is 2.25. The zero-order valence-electron chi connectivity index (χ0n) is 8.09. The fraction of sp³-hybridized carbons (Fsp3) is 0. The molecule has 0 fully saturated rings. The van der Waals surface area contributed by atoms with Crippen LogP contribution < -0.4 is 0 Å². The highest BCUT2D eigenvalue weighted by atomic mass is 32.2. The van der Waals surface area contributed by atoms with Crippen LogP contribution in [-0.4, -0.2) is 9.97 Å². The molecule has 1 aromatic carbocycles. The highest BCUT2D eigenvalue weighted by molar-refractivity contribution is 7.99. The van der Waals surface area contributed by atoms with Crippen molar-refractivity contribution in [2.45, 2.75) is 10.1 Å². The third-order valence-corrected chi connectivity index (χ3v) is 2.62. The molecule has 3 nitrogen and oxygen atoms in total. The Morgan fingerprint density at radius 1 is 1.19 bits per heavy atom. The second-order valence-electron chi connectivity index (χ2n) is 2.92. The van der Waals surface area contributed by atoms with Crippen molar-refractivity contribution in [2.24, 2.45) is 0 Å². The van der Waals surface area contributed by atoms with Gasteiger partial charge in [-0.15, -0.1) is 0 Å². The van der Waals surface area contributed by atoms with E-state index in [0.29, 0.717) is 15.6 Å². The van der Waals surface area contributed by atoms with Gasteiger partial charge >= 0.3 is 0 Å². The smallest absolute Gasteiger partial charge is 0.192 e. The molecule has 1 heterocycles. The van der Waals surface area contributed by atoms with E-state index < -0.39 is 5.82 Å². The molecule has 0 spiro atoms. The van der Waals surface area contributed by atoms with Gasteiger partial charge in [-0.1, -0.05) is 0 Å². The van der Waals surface area contributed by atoms with E-state index in [1.807, 2.05) is 6.07 Å². The van der Waals surface area contributed by atoms with Crippen LogP contribution in [0.5, 0.6) is 0 Å². The van der Waals surface area contributed by atoms with Crippen LogP contribution in [0.2, 0.25) is 0 Å². The molecule has 0 unspecified atom stereocenters. The first kappa shape index (κ1) is 10.6. The van der Waals surface area contributed by atoms with Crippen LogP contribution in [0, 0.1) is 17.1 Å². The average Bonchev–Trinajstić information content (AvgIpc) is 2.29. The predicted molar refractivity (Wildman–Crippen MR) is 57.3 cm³/mol. The van der Waals surface area contributed by atoms with Crippen molar-refractivity contribution in [2.75, 3.05) is 0 Å². The Morgan fingerprint density at radius 3 is 2.62 bits per heavy atom. The molecule has 78 valence electrons. The second-order valence-corrected chi connectivity index (χ2v) is 3.96. The maximum atomic E-state index is 13.1. The lowest BCUT2D eigenvalue weighted by Crippen LogP contribution is -1.85. The molecule has 0 saturated heterocycles.